The van der Waals surface area contributed by atoms with E-state index in [1.165, 1.54) is 0 Å². The van der Waals surface area contributed by atoms with Gasteiger partial charge >= 0.3 is 0 Å². The number of ether oxygens (including phenoxy) is 1. The molecule has 11 heavy (non-hydrogen) atoms. The van der Waals surface area contributed by atoms with Crippen molar-refractivity contribution in [2.75, 3.05) is 7.11 Å². The molecule has 1 aromatic heterocycles. The molecular formula is C5H10N4OS. The van der Waals surface area contributed by atoms with Gasteiger partial charge in [0.25, 0.3) is 0 Å². The fraction of sp³-hybridized carbons (Fsp3) is 0.800. The minimum Gasteiger partial charge on any atom is -0.360 e. The SMILES string of the molecule is CCC(OC)n1[nH]nnc1=S. The van der Waals surface area contributed by atoms with E-state index in [9.17, 15) is 0 Å². The molecule has 6 heteroatoms. The van der Waals surface area contributed by atoms with Crippen LogP contribution in [0.25, 0.3) is 0 Å². The van der Waals surface area contributed by atoms with Gasteiger partial charge in [-0.2, -0.15) is 5.21 Å². The average Bonchev–Trinajstić information content (AvgIpc) is 2.40. The zero-order valence-corrected chi connectivity index (χ0v) is 7.26. The summed E-state index contributed by atoms with van der Waals surface area (Å²) in [6.45, 7) is 2.00. The molecule has 0 fully saturated rings. The van der Waals surface area contributed by atoms with Crippen LogP contribution >= 0.6 is 12.2 Å². The Morgan fingerprint density at radius 1 is 1.82 bits per heavy atom. The first-order valence-corrected chi connectivity index (χ1v) is 3.72. The molecule has 5 nitrogen and oxygen atoms in total. The summed E-state index contributed by atoms with van der Waals surface area (Å²) in [6, 6.07) is 0. The zero-order chi connectivity index (χ0) is 8.27. The normalized spacial score (nSPS) is 13.3. The Hall–Kier alpha value is -0.750. The van der Waals surface area contributed by atoms with Crippen LogP contribution in [0.2, 0.25) is 0 Å². The number of hydrogen-bond donors (Lipinski definition) is 1. The molecule has 0 spiro atoms. The number of hydrogen-bond acceptors (Lipinski definition) is 4. The lowest BCUT2D eigenvalue weighted by atomic mass is 10.4. The number of aromatic amines is 1. The lowest BCUT2D eigenvalue weighted by Crippen LogP contribution is -2.11. The Balaban J connectivity index is 2.90. The Kier molecular flexibility index (Phi) is 2.72. The molecule has 0 saturated heterocycles. The van der Waals surface area contributed by atoms with Crippen LogP contribution in [0.15, 0.2) is 0 Å². The summed E-state index contributed by atoms with van der Waals surface area (Å²) in [7, 11) is 1.62. The molecule has 0 aliphatic heterocycles. The quantitative estimate of drug-likeness (QED) is 0.691. The van der Waals surface area contributed by atoms with E-state index in [1.54, 1.807) is 11.8 Å². The van der Waals surface area contributed by atoms with E-state index in [-0.39, 0.29) is 6.23 Å². The summed E-state index contributed by atoms with van der Waals surface area (Å²) < 4.78 is 7.13. The summed E-state index contributed by atoms with van der Waals surface area (Å²) in [5.41, 5.74) is 0. The molecular weight excluding hydrogens is 164 g/mol. The van der Waals surface area contributed by atoms with Crippen LogP contribution in [0.5, 0.6) is 0 Å². The van der Waals surface area contributed by atoms with Crippen molar-refractivity contribution in [1.82, 2.24) is 20.2 Å². The van der Waals surface area contributed by atoms with Gasteiger partial charge in [0.2, 0.25) is 4.77 Å². The third-order valence-corrected chi connectivity index (χ3v) is 1.68. The molecule has 0 aliphatic rings. The van der Waals surface area contributed by atoms with E-state index in [0.717, 1.165) is 6.42 Å². The minimum absolute atomic E-state index is 0.0856. The molecule has 0 radical (unpaired) electrons. The number of tetrazole rings is 1. The maximum absolute atomic E-state index is 5.11. The van der Waals surface area contributed by atoms with Gasteiger partial charge in [-0.25, -0.2) is 4.68 Å². The molecule has 1 rings (SSSR count). The van der Waals surface area contributed by atoms with Gasteiger partial charge in [-0.15, -0.1) is 0 Å². The molecule has 1 atom stereocenters. The van der Waals surface area contributed by atoms with Crippen molar-refractivity contribution in [3.8, 4) is 0 Å². The second-order valence-electron chi connectivity index (χ2n) is 2.05. The number of aromatic nitrogens is 4. The molecule has 0 saturated carbocycles. The van der Waals surface area contributed by atoms with Gasteiger partial charge in [0, 0.05) is 7.11 Å². The van der Waals surface area contributed by atoms with Crippen LogP contribution in [0.1, 0.15) is 19.6 Å². The van der Waals surface area contributed by atoms with Gasteiger partial charge in [-0.05, 0) is 18.6 Å². The van der Waals surface area contributed by atoms with Crippen molar-refractivity contribution in [2.24, 2.45) is 0 Å². The first-order valence-electron chi connectivity index (χ1n) is 3.32. The van der Waals surface area contributed by atoms with E-state index < -0.39 is 0 Å². The molecule has 0 bridgehead atoms. The largest absolute Gasteiger partial charge is 0.360 e. The predicted octanol–water partition coefficient (Wildman–Crippen LogP) is 0.891. The zero-order valence-electron chi connectivity index (χ0n) is 6.44. The van der Waals surface area contributed by atoms with Crippen LogP contribution in [0, 0.1) is 4.77 Å². The van der Waals surface area contributed by atoms with Crippen LogP contribution in [-0.4, -0.2) is 27.3 Å². The van der Waals surface area contributed by atoms with Crippen molar-refractivity contribution in [3.63, 3.8) is 0 Å². The Bertz CT molecular complexity index is 263. The fourth-order valence-corrected chi connectivity index (χ4v) is 1.05. The van der Waals surface area contributed by atoms with E-state index in [4.69, 9.17) is 17.0 Å². The molecule has 0 aromatic carbocycles. The average molecular weight is 174 g/mol. The number of nitrogens with one attached hydrogen (secondary N) is 1. The van der Waals surface area contributed by atoms with Gasteiger partial charge < -0.3 is 4.74 Å². The molecule has 1 heterocycles. The summed E-state index contributed by atoms with van der Waals surface area (Å²) in [4.78, 5) is 0. The monoisotopic (exact) mass is 174 g/mol. The van der Waals surface area contributed by atoms with Crippen molar-refractivity contribution in [3.05, 3.63) is 4.77 Å². The number of nitrogens with zero attached hydrogens (tertiary/aromatic N) is 3. The Morgan fingerprint density at radius 3 is 2.91 bits per heavy atom. The Labute approximate surface area is 69.3 Å². The second kappa shape index (κ2) is 3.59. The first-order chi connectivity index (χ1) is 5.29. The number of H-pyrrole nitrogens is 1. The molecule has 1 unspecified atom stereocenters. The van der Waals surface area contributed by atoms with Crippen LogP contribution in [-0.2, 0) is 4.74 Å². The van der Waals surface area contributed by atoms with Crippen molar-refractivity contribution in [2.45, 2.75) is 19.6 Å². The number of methoxy groups -OCH3 is 1. The number of rotatable bonds is 3. The summed E-state index contributed by atoms with van der Waals surface area (Å²) in [5.74, 6) is 0. The van der Waals surface area contributed by atoms with Gasteiger partial charge in [0.1, 0.15) is 0 Å². The minimum atomic E-state index is -0.0856. The first kappa shape index (κ1) is 8.35. The van der Waals surface area contributed by atoms with E-state index >= 15 is 0 Å². The van der Waals surface area contributed by atoms with Gasteiger partial charge in [-0.3, -0.25) is 0 Å². The van der Waals surface area contributed by atoms with Crippen molar-refractivity contribution < 1.29 is 4.74 Å². The highest BCUT2D eigenvalue weighted by Gasteiger charge is 2.07. The Morgan fingerprint density at radius 2 is 2.55 bits per heavy atom. The molecule has 0 amide bonds. The third kappa shape index (κ3) is 1.63. The molecule has 62 valence electrons. The molecule has 0 aliphatic carbocycles. The van der Waals surface area contributed by atoms with Crippen molar-refractivity contribution >= 4 is 12.2 Å². The molecule has 1 N–H and O–H groups in total. The topological polar surface area (TPSA) is 55.7 Å². The van der Waals surface area contributed by atoms with Crippen LogP contribution in [0.3, 0.4) is 0 Å². The second-order valence-corrected chi connectivity index (χ2v) is 2.42. The van der Waals surface area contributed by atoms with Crippen LogP contribution < -0.4 is 0 Å². The summed E-state index contributed by atoms with van der Waals surface area (Å²) in [5, 5.41) is 9.80. The highest BCUT2D eigenvalue weighted by atomic mass is 32.1. The fourth-order valence-electron chi connectivity index (χ4n) is 0.846. The van der Waals surface area contributed by atoms with E-state index in [0.29, 0.717) is 4.77 Å². The standard InChI is InChI=1S/C5H10N4OS/c1-3-4(10-2)9-5(11)6-7-8-9/h4H,3H2,1-2H3,(H,6,8,11). The predicted molar refractivity (Wildman–Crippen MR) is 41.5 cm³/mol. The van der Waals surface area contributed by atoms with Gasteiger partial charge in [0.05, 0.1) is 0 Å². The lowest BCUT2D eigenvalue weighted by molar-refractivity contribution is 0.0283. The van der Waals surface area contributed by atoms with Gasteiger partial charge in [0.15, 0.2) is 6.23 Å². The van der Waals surface area contributed by atoms with E-state index in [1.807, 2.05) is 6.92 Å². The molecule has 1 aromatic rings. The van der Waals surface area contributed by atoms with Gasteiger partial charge in [-0.1, -0.05) is 17.2 Å². The lowest BCUT2D eigenvalue weighted by Gasteiger charge is -2.11. The van der Waals surface area contributed by atoms with Crippen LogP contribution in [0.4, 0.5) is 0 Å². The highest BCUT2D eigenvalue weighted by molar-refractivity contribution is 7.71. The summed E-state index contributed by atoms with van der Waals surface area (Å²) >= 11 is 4.87. The smallest absolute Gasteiger partial charge is 0.240 e. The maximum Gasteiger partial charge on any atom is 0.240 e. The summed E-state index contributed by atoms with van der Waals surface area (Å²) in [6.07, 6.45) is 0.742. The van der Waals surface area contributed by atoms with Crippen molar-refractivity contribution in [1.29, 1.82) is 0 Å². The third-order valence-electron chi connectivity index (χ3n) is 1.40. The maximum atomic E-state index is 5.11. The highest BCUT2D eigenvalue weighted by Crippen LogP contribution is 2.08. The van der Waals surface area contributed by atoms with E-state index in [2.05, 4.69) is 15.5 Å².